The first-order chi connectivity index (χ1) is 8.29. The van der Waals surface area contributed by atoms with Gasteiger partial charge in [0.15, 0.2) is 15.9 Å². The minimum atomic E-state index is -3.57. The number of methoxy groups -OCH3 is 1. The van der Waals surface area contributed by atoms with Crippen molar-refractivity contribution in [3.63, 3.8) is 0 Å². The molecule has 0 aromatic heterocycles. The molecule has 0 aliphatic carbocycles. The van der Waals surface area contributed by atoms with Crippen molar-refractivity contribution in [2.24, 2.45) is 0 Å². The zero-order chi connectivity index (χ0) is 13.9. The number of carbonyl (C=O) groups excluding carboxylic acids is 1. The molecule has 7 heteroatoms. The van der Waals surface area contributed by atoms with E-state index in [1.807, 2.05) is 0 Å². The van der Waals surface area contributed by atoms with Crippen LogP contribution < -0.4 is 0 Å². The lowest BCUT2D eigenvalue weighted by Gasteiger charge is -2.18. The van der Waals surface area contributed by atoms with Gasteiger partial charge in [-0.15, -0.1) is 0 Å². The van der Waals surface area contributed by atoms with Gasteiger partial charge in [-0.3, -0.25) is 0 Å². The van der Waals surface area contributed by atoms with Gasteiger partial charge in [0.25, 0.3) is 0 Å². The van der Waals surface area contributed by atoms with Crippen LogP contribution in [-0.2, 0) is 19.4 Å². The van der Waals surface area contributed by atoms with Crippen molar-refractivity contribution in [2.75, 3.05) is 13.4 Å². The Hall–Kier alpha value is -1.44. The minimum absolute atomic E-state index is 0.0436. The highest BCUT2D eigenvalue weighted by atomic mass is 32.2. The fourth-order valence-corrected chi connectivity index (χ4v) is 2.42. The maximum atomic E-state index is 11.5. The summed E-state index contributed by atoms with van der Waals surface area (Å²) < 4.78 is 27.3. The van der Waals surface area contributed by atoms with Crippen LogP contribution in [0.2, 0.25) is 0 Å². The molecule has 1 rings (SSSR count). The van der Waals surface area contributed by atoms with Crippen molar-refractivity contribution in [3.05, 3.63) is 29.8 Å². The summed E-state index contributed by atoms with van der Waals surface area (Å²) in [7, 11) is -2.51. The molecule has 2 unspecified atom stereocenters. The van der Waals surface area contributed by atoms with Crippen LogP contribution in [0.1, 0.15) is 11.7 Å². The molecule has 0 bridgehead atoms. The van der Waals surface area contributed by atoms with E-state index in [1.54, 1.807) is 0 Å². The first-order valence-corrected chi connectivity index (χ1v) is 6.91. The van der Waals surface area contributed by atoms with Gasteiger partial charge < -0.3 is 14.9 Å². The van der Waals surface area contributed by atoms with E-state index in [9.17, 15) is 23.4 Å². The van der Waals surface area contributed by atoms with E-state index in [1.165, 1.54) is 24.3 Å². The van der Waals surface area contributed by atoms with Gasteiger partial charge in [-0.2, -0.15) is 0 Å². The molecule has 1 aromatic carbocycles. The molecule has 0 heterocycles. The summed E-state index contributed by atoms with van der Waals surface area (Å²) in [5.74, 6) is -1.04. The second-order valence-corrected chi connectivity index (χ2v) is 5.71. The van der Waals surface area contributed by atoms with Crippen molar-refractivity contribution in [3.8, 4) is 0 Å². The van der Waals surface area contributed by atoms with E-state index in [0.29, 0.717) is 0 Å². The Morgan fingerprint density at radius 1 is 1.28 bits per heavy atom. The maximum absolute atomic E-state index is 11.5. The molecule has 0 amide bonds. The number of rotatable bonds is 4. The Labute approximate surface area is 105 Å². The van der Waals surface area contributed by atoms with E-state index in [0.717, 1.165) is 13.4 Å². The second kappa shape index (κ2) is 5.47. The van der Waals surface area contributed by atoms with Gasteiger partial charge in [0.1, 0.15) is 6.10 Å². The number of carbonyl (C=O) groups is 1. The van der Waals surface area contributed by atoms with E-state index in [-0.39, 0.29) is 10.5 Å². The Morgan fingerprint density at radius 2 is 1.83 bits per heavy atom. The highest BCUT2D eigenvalue weighted by Crippen LogP contribution is 2.25. The minimum Gasteiger partial charge on any atom is -0.467 e. The van der Waals surface area contributed by atoms with Crippen LogP contribution in [-0.4, -0.2) is 44.1 Å². The lowest BCUT2D eigenvalue weighted by atomic mass is 10.0. The maximum Gasteiger partial charge on any atom is 0.337 e. The van der Waals surface area contributed by atoms with E-state index in [2.05, 4.69) is 4.74 Å². The first kappa shape index (κ1) is 14.6. The molecule has 0 aliphatic heterocycles. The molecule has 0 fully saturated rings. The Balaban J connectivity index is 3.22. The molecule has 0 aliphatic rings. The molecule has 2 atom stereocenters. The third-order valence-electron chi connectivity index (χ3n) is 2.38. The van der Waals surface area contributed by atoms with Crippen LogP contribution in [0.3, 0.4) is 0 Å². The average Bonchev–Trinajstić information content (AvgIpc) is 2.35. The molecular weight excluding hydrogens is 260 g/mol. The molecule has 0 radical (unpaired) electrons. The smallest absolute Gasteiger partial charge is 0.337 e. The third kappa shape index (κ3) is 3.06. The number of aliphatic hydroxyl groups excluding tert-OH is 2. The summed E-state index contributed by atoms with van der Waals surface area (Å²) in [6.07, 6.45) is -2.52. The molecule has 0 saturated carbocycles. The first-order valence-electron chi connectivity index (χ1n) is 5.02. The lowest BCUT2D eigenvalue weighted by Crippen LogP contribution is -2.29. The van der Waals surface area contributed by atoms with Gasteiger partial charge in [-0.05, 0) is 6.07 Å². The van der Waals surface area contributed by atoms with Crippen LogP contribution >= 0.6 is 0 Å². The number of hydrogen-bond acceptors (Lipinski definition) is 6. The molecule has 100 valence electrons. The standard InChI is InChI=1S/C11H14O6S/c1-17-11(14)10(13)9(12)7-5-3-4-6-8(7)18(2,15)16/h3-6,9-10,12-13H,1-2H3. The summed E-state index contributed by atoms with van der Waals surface area (Å²) in [5, 5.41) is 19.3. The fraction of sp³-hybridized carbons (Fsp3) is 0.364. The lowest BCUT2D eigenvalue weighted by molar-refractivity contribution is -0.156. The Bertz CT molecular complexity index is 536. The number of sulfone groups is 1. The van der Waals surface area contributed by atoms with E-state index < -0.39 is 28.0 Å². The van der Waals surface area contributed by atoms with Crippen molar-refractivity contribution in [1.82, 2.24) is 0 Å². The molecule has 18 heavy (non-hydrogen) atoms. The number of benzene rings is 1. The summed E-state index contributed by atoms with van der Waals surface area (Å²) >= 11 is 0. The van der Waals surface area contributed by atoms with E-state index >= 15 is 0 Å². The van der Waals surface area contributed by atoms with Gasteiger partial charge in [0.05, 0.1) is 12.0 Å². The summed E-state index contributed by atoms with van der Waals surface area (Å²) in [5.41, 5.74) is -0.0436. The van der Waals surface area contributed by atoms with Crippen LogP contribution in [0.5, 0.6) is 0 Å². The van der Waals surface area contributed by atoms with Gasteiger partial charge in [0, 0.05) is 11.8 Å². The molecule has 1 aromatic rings. The quantitative estimate of drug-likeness (QED) is 0.728. The van der Waals surface area contributed by atoms with Gasteiger partial charge in [-0.1, -0.05) is 18.2 Å². The van der Waals surface area contributed by atoms with Gasteiger partial charge in [0.2, 0.25) is 0 Å². The number of hydrogen-bond donors (Lipinski definition) is 2. The summed E-state index contributed by atoms with van der Waals surface area (Å²) in [6.45, 7) is 0. The zero-order valence-corrected chi connectivity index (χ0v) is 10.7. The normalized spacial score (nSPS) is 14.9. The predicted octanol–water partition coefficient (Wildman–Crippen LogP) is -0.343. The molecular formula is C11H14O6S. The van der Waals surface area contributed by atoms with E-state index in [4.69, 9.17) is 0 Å². The Morgan fingerprint density at radius 3 is 2.33 bits per heavy atom. The number of esters is 1. The summed E-state index contributed by atoms with van der Waals surface area (Å²) in [4.78, 5) is 11.0. The highest BCUT2D eigenvalue weighted by Gasteiger charge is 2.29. The predicted molar refractivity (Wildman–Crippen MR) is 62.5 cm³/mol. The van der Waals surface area contributed by atoms with Gasteiger partial charge >= 0.3 is 5.97 Å². The average molecular weight is 274 g/mol. The molecule has 6 nitrogen and oxygen atoms in total. The molecule has 0 spiro atoms. The monoisotopic (exact) mass is 274 g/mol. The SMILES string of the molecule is COC(=O)C(O)C(O)c1ccccc1S(C)(=O)=O. The summed E-state index contributed by atoms with van der Waals surface area (Å²) in [6, 6.07) is 5.60. The van der Waals surface area contributed by atoms with Crippen LogP contribution in [0.15, 0.2) is 29.2 Å². The Kier molecular flexibility index (Phi) is 4.44. The van der Waals surface area contributed by atoms with Crippen molar-refractivity contribution in [1.29, 1.82) is 0 Å². The van der Waals surface area contributed by atoms with Gasteiger partial charge in [-0.25, -0.2) is 13.2 Å². The topological polar surface area (TPSA) is 101 Å². The third-order valence-corrected chi connectivity index (χ3v) is 3.55. The largest absolute Gasteiger partial charge is 0.467 e. The van der Waals surface area contributed by atoms with Crippen LogP contribution in [0, 0.1) is 0 Å². The molecule has 0 saturated heterocycles. The second-order valence-electron chi connectivity index (χ2n) is 3.72. The van der Waals surface area contributed by atoms with Crippen molar-refractivity contribution >= 4 is 15.8 Å². The van der Waals surface area contributed by atoms with Crippen LogP contribution in [0.4, 0.5) is 0 Å². The number of ether oxygens (including phenoxy) is 1. The van der Waals surface area contributed by atoms with Crippen molar-refractivity contribution in [2.45, 2.75) is 17.1 Å². The fourth-order valence-electron chi connectivity index (χ4n) is 1.48. The zero-order valence-electron chi connectivity index (χ0n) is 9.90. The highest BCUT2D eigenvalue weighted by molar-refractivity contribution is 7.90. The van der Waals surface area contributed by atoms with Crippen LogP contribution in [0.25, 0.3) is 0 Å². The number of aliphatic hydroxyl groups is 2. The van der Waals surface area contributed by atoms with Crippen molar-refractivity contribution < 1.29 is 28.2 Å². The molecule has 2 N–H and O–H groups in total.